The van der Waals surface area contributed by atoms with E-state index in [0.29, 0.717) is 23.0 Å². The second-order valence-corrected chi connectivity index (χ2v) is 9.46. The number of carbonyl (C=O) groups excluding carboxylic acids is 2. The van der Waals surface area contributed by atoms with Crippen LogP contribution in [0.15, 0.2) is 42.5 Å². The molecule has 1 N–H and O–H groups in total. The van der Waals surface area contributed by atoms with E-state index >= 15 is 0 Å². The van der Waals surface area contributed by atoms with Gasteiger partial charge in [-0.05, 0) is 55.0 Å². The van der Waals surface area contributed by atoms with Crippen LogP contribution in [0.2, 0.25) is 10.0 Å². The van der Waals surface area contributed by atoms with E-state index in [9.17, 15) is 9.59 Å². The van der Waals surface area contributed by atoms with Crippen LogP contribution in [0.25, 0.3) is 0 Å². The number of amides is 2. The van der Waals surface area contributed by atoms with Gasteiger partial charge in [-0.3, -0.25) is 9.59 Å². The van der Waals surface area contributed by atoms with E-state index in [1.54, 1.807) is 17.0 Å². The van der Waals surface area contributed by atoms with Gasteiger partial charge in [-0.25, -0.2) is 0 Å². The SMILES string of the molecule is CC[C@@H](C(=O)NC1CCCCC1)N(Cc1ccc(Cl)c(Cl)c1)C(=O)Cc1ccccc1C. The Morgan fingerprint density at radius 2 is 1.78 bits per heavy atom. The third-order valence-corrected chi connectivity index (χ3v) is 7.02. The first-order valence-electron chi connectivity index (χ1n) is 11.5. The molecule has 3 rings (SSSR count). The number of nitrogens with one attached hydrogen (secondary N) is 1. The summed E-state index contributed by atoms with van der Waals surface area (Å²) < 4.78 is 0. The summed E-state index contributed by atoms with van der Waals surface area (Å²) in [6.45, 7) is 4.26. The highest BCUT2D eigenvalue weighted by atomic mass is 35.5. The van der Waals surface area contributed by atoms with Crippen molar-refractivity contribution < 1.29 is 9.59 Å². The van der Waals surface area contributed by atoms with Crippen molar-refractivity contribution >= 4 is 35.0 Å². The van der Waals surface area contributed by atoms with E-state index in [1.165, 1.54) is 6.42 Å². The first kappa shape index (κ1) is 24.6. The van der Waals surface area contributed by atoms with E-state index in [0.717, 1.165) is 42.4 Å². The van der Waals surface area contributed by atoms with E-state index < -0.39 is 6.04 Å². The summed E-state index contributed by atoms with van der Waals surface area (Å²) in [7, 11) is 0. The summed E-state index contributed by atoms with van der Waals surface area (Å²) in [5.41, 5.74) is 2.88. The lowest BCUT2D eigenvalue weighted by atomic mass is 9.95. The van der Waals surface area contributed by atoms with E-state index in [-0.39, 0.29) is 24.3 Å². The summed E-state index contributed by atoms with van der Waals surface area (Å²) in [5.74, 6) is -0.145. The molecule has 0 bridgehead atoms. The van der Waals surface area contributed by atoms with Crippen molar-refractivity contribution in [1.82, 2.24) is 10.2 Å². The van der Waals surface area contributed by atoms with E-state index in [2.05, 4.69) is 5.32 Å². The van der Waals surface area contributed by atoms with Crippen LogP contribution in [-0.2, 0) is 22.6 Å². The second-order valence-electron chi connectivity index (χ2n) is 8.64. The molecule has 1 aliphatic rings. The Morgan fingerprint density at radius 3 is 2.44 bits per heavy atom. The molecule has 1 fully saturated rings. The van der Waals surface area contributed by atoms with Crippen LogP contribution in [0.5, 0.6) is 0 Å². The molecule has 2 aromatic rings. The Hall–Kier alpha value is -2.04. The molecule has 1 aliphatic carbocycles. The van der Waals surface area contributed by atoms with Crippen molar-refractivity contribution in [2.75, 3.05) is 0 Å². The highest BCUT2D eigenvalue weighted by Crippen LogP contribution is 2.25. The maximum atomic E-state index is 13.5. The molecule has 172 valence electrons. The molecule has 1 atom stereocenters. The first-order valence-corrected chi connectivity index (χ1v) is 12.2. The molecule has 1 saturated carbocycles. The minimum atomic E-state index is -0.539. The summed E-state index contributed by atoms with van der Waals surface area (Å²) in [4.78, 5) is 28.5. The lowest BCUT2D eigenvalue weighted by Gasteiger charge is -2.33. The number of benzene rings is 2. The van der Waals surface area contributed by atoms with Crippen molar-refractivity contribution in [3.8, 4) is 0 Å². The fourth-order valence-corrected chi connectivity index (χ4v) is 4.69. The monoisotopic (exact) mass is 474 g/mol. The molecule has 0 radical (unpaired) electrons. The number of hydrogen-bond donors (Lipinski definition) is 1. The van der Waals surface area contributed by atoms with Crippen LogP contribution >= 0.6 is 23.2 Å². The van der Waals surface area contributed by atoms with Crippen LogP contribution in [0.3, 0.4) is 0 Å². The Labute approximate surface area is 201 Å². The second kappa shape index (κ2) is 11.7. The molecule has 0 aliphatic heterocycles. The van der Waals surface area contributed by atoms with Gasteiger partial charge in [-0.1, -0.05) is 79.7 Å². The first-order chi connectivity index (χ1) is 15.4. The molecule has 6 heteroatoms. The third kappa shape index (κ3) is 6.49. The highest BCUT2D eigenvalue weighted by Gasteiger charge is 2.30. The van der Waals surface area contributed by atoms with Gasteiger partial charge in [0, 0.05) is 12.6 Å². The lowest BCUT2D eigenvalue weighted by molar-refractivity contribution is -0.141. The third-order valence-electron chi connectivity index (χ3n) is 6.28. The molecule has 32 heavy (non-hydrogen) atoms. The van der Waals surface area contributed by atoms with Crippen LogP contribution in [0, 0.1) is 6.92 Å². The average molecular weight is 475 g/mol. The van der Waals surface area contributed by atoms with Crippen molar-refractivity contribution in [3.05, 3.63) is 69.2 Å². The minimum Gasteiger partial charge on any atom is -0.352 e. The Kier molecular flexibility index (Phi) is 9.01. The predicted octanol–water partition coefficient (Wildman–Crippen LogP) is 6.10. The van der Waals surface area contributed by atoms with Gasteiger partial charge in [0.15, 0.2) is 0 Å². The zero-order chi connectivity index (χ0) is 23.1. The minimum absolute atomic E-state index is 0.0717. The molecule has 2 aromatic carbocycles. The topological polar surface area (TPSA) is 49.4 Å². The Morgan fingerprint density at radius 1 is 1.06 bits per heavy atom. The number of nitrogens with zero attached hydrogens (tertiary/aromatic N) is 1. The van der Waals surface area contributed by atoms with E-state index in [4.69, 9.17) is 23.2 Å². The molecule has 4 nitrogen and oxygen atoms in total. The number of carbonyl (C=O) groups is 2. The summed E-state index contributed by atoms with van der Waals surface area (Å²) >= 11 is 12.3. The Bertz CT molecular complexity index is 941. The molecule has 0 spiro atoms. The molecule has 2 amide bonds. The van der Waals surface area contributed by atoms with Gasteiger partial charge in [0.2, 0.25) is 11.8 Å². The van der Waals surface area contributed by atoms with Gasteiger partial charge >= 0.3 is 0 Å². The zero-order valence-electron chi connectivity index (χ0n) is 18.9. The molecule has 0 aromatic heterocycles. The Balaban J connectivity index is 1.84. The largest absolute Gasteiger partial charge is 0.352 e. The van der Waals surface area contributed by atoms with Crippen LogP contribution in [0.4, 0.5) is 0 Å². The van der Waals surface area contributed by atoms with Crippen molar-refractivity contribution in [3.63, 3.8) is 0 Å². The number of halogens is 2. The predicted molar refractivity (Wildman–Crippen MR) is 131 cm³/mol. The van der Waals surface area contributed by atoms with Gasteiger partial charge in [0.1, 0.15) is 6.04 Å². The molecule has 0 heterocycles. The standard InChI is InChI=1S/C26H32Cl2N2O2/c1-3-24(26(32)29-21-11-5-4-6-12-21)30(17-19-13-14-22(27)23(28)15-19)25(31)16-20-10-8-7-9-18(20)2/h7-10,13-15,21,24H,3-6,11-12,16-17H2,1-2H3,(H,29,32)/t24-/m0/s1. The number of hydrogen-bond acceptors (Lipinski definition) is 2. The molecular weight excluding hydrogens is 443 g/mol. The summed E-state index contributed by atoms with van der Waals surface area (Å²) in [6.07, 6.45) is 6.31. The fourth-order valence-electron chi connectivity index (χ4n) is 4.37. The maximum Gasteiger partial charge on any atom is 0.243 e. The van der Waals surface area contributed by atoms with Crippen LogP contribution in [0.1, 0.15) is 62.1 Å². The number of rotatable bonds is 8. The van der Waals surface area contributed by atoms with Gasteiger partial charge in [0.25, 0.3) is 0 Å². The van der Waals surface area contributed by atoms with Crippen LogP contribution in [-0.4, -0.2) is 28.8 Å². The van der Waals surface area contributed by atoms with Gasteiger partial charge in [-0.15, -0.1) is 0 Å². The molecular formula is C26H32Cl2N2O2. The summed E-state index contributed by atoms with van der Waals surface area (Å²) in [5, 5.41) is 4.11. The van der Waals surface area contributed by atoms with Gasteiger partial charge in [0.05, 0.1) is 16.5 Å². The lowest BCUT2D eigenvalue weighted by Crippen LogP contribution is -2.52. The van der Waals surface area contributed by atoms with Crippen molar-refractivity contribution in [1.29, 1.82) is 0 Å². The quantitative estimate of drug-likeness (QED) is 0.502. The van der Waals surface area contributed by atoms with Crippen molar-refractivity contribution in [2.24, 2.45) is 0 Å². The molecule has 0 unspecified atom stereocenters. The van der Waals surface area contributed by atoms with Crippen LogP contribution < -0.4 is 5.32 Å². The van der Waals surface area contributed by atoms with Crippen molar-refractivity contribution in [2.45, 2.75) is 77.4 Å². The number of aryl methyl sites for hydroxylation is 1. The smallest absolute Gasteiger partial charge is 0.243 e. The average Bonchev–Trinajstić information content (AvgIpc) is 2.78. The summed E-state index contributed by atoms with van der Waals surface area (Å²) in [6, 6.07) is 12.9. The zero-order valence-corrected chi connectivity index (χ0v) is 20.4. The molecule has 0 saturated heterocycles. The van der Waals surface area contributed by atoms with Gasteiger partial charge < -0.3 is 10.2 Å². The maximum absolute atomic E-state index is 13.5. The van der Waals surface area contributed by atoms with E-state index in [1.807, 2.05) is 44.2 Å². The van der Waals surface area contributed by atoms with Gasteiger partial charge in [-0.2, -0.15) is 0 Å². The normalized spacial score (nSPS) is 15.2. The highest BCUT2D eigenvalue weighted by molar-refractivity contribution is 6.42. The fraction of sp³-hybridized carbons (Fsp3) is 0.462.